The minimum atomic E-state index is -4.48. The van der Waals surface area contributed by atoms with Gasteiger partial charge in [-0.25, -0.2) is 13.8 Å². The van der Waals surface area contributed by atoms with Crippen molar-refractivity contribution in [2.24, 2.45) is 7.05 Å². The number of anilines is 1. The van der Waals surface area contributed by atoms with Gasteiger partial charge in [0.2, 0.25) is 5.88 Å². The van der Waals surface area contributed by atoms with Crippen LogP contribution >= 0.6 is 0 Å². The van der Waals surface area contributed by atoms with Gasteiger partial charge in [-0.2, -0.15) is 13.2 Å². The van der Waals surface area contributed by atoms with Gasteiger partial charge >= 0.3 is 6.18 Å². The number of nitrogens with one attached hydrogen (secondary N) is 1. The number of hydrogen-bond acceptors (Lipinski definition) is 6. The number of aromatic nitrogens is 2. The third-order valence-corrected chi connectivity index (χ3v) is 8.96. The zero-order valence-corrected chi connectivity index (χ0v) is 28.2. The predicted molar refractivity (Wildman–Crippen MR) is 185 cm³/mol. The quantitative estimate of drug-likeness (QED) is 0.133. The summed E-state index contributed by atoms with van der Waals surface area (Å²) in [5, 5.41) is 3.75. The van der Waals surface area contributed by atoms with Crippen molar-refractivity contribution in [3.8, 4) is 17.4 Å². The number of carbonyl (C=O) groups is 1. The molecule has 1 N–H and O–H groups in total. The number of halogens is 5. The molecule has 0 atom stereocenters. The number of pyridine rings is 1. The highest BCUT2D eigenvalue weighted by Gasteiger charge is 2.31. The van der Waals surface area contributed by atoms with E-state index in [0.29, 0.717) is 23.1 Å². The van der Waals surface area contributed by atoms with E-state index < -0.39 is 37.1 Å². The Balaban J connectivity index is 1.01. The molecular formula is C38H38F5N5O3. The van der Waals surface area contributed by atoms with Crippen LogP contribution in [-0.4, -0.2) is 70.9 Å². The zero-order valence-electron chi connectivity index (χ0n) is 28.2. The summed E-state index contributed by atoms with van der Waals surface area (Å²) >= 11 is 0. The number of ether oxygens (including phenoxy) is 2. The smallest absolute Gasteiger partial charge is 0.416 e. The first-order chi connectivity index (χ1) is 24.5. The summed E-state index contributed by atoms with van der Waals surface area (Å²) in [6.45, 7) is 4.97. The Hall–Kier alpha value is -5.01. The van der Waals surface area contributed by atoms with E-state index in [0.717, 1.165) is 73.9 Å². The number of piperazine rings is 1. The number of rotatable bonds is 12. The molecule has 1 aliphatic rings. The van der Waals surface area contributed by atoms with Crippen LogP contribution in [-0.2, 0) is 26.3 Å². The van der Waals surface area contributed by atoms with Crippen molar-refractivity contribution in [1.29, 1.82) is 0 Å². The summed E-state index contributed by atoms with van der Waals surface area (Å²) in [4.78, 5) is 21.8. The maximum Gasteiger partial charge on any atom is 0.416 e. The molecule has 3 aromatic carbocycles. The first-order valence-corrected chi connectivity index (χ1v) is 16.5. The molecule has 0 spiro atoms. The Morgan fingerprint density at radius 2 is 1.55 bits per heavy atom. The van der Waals surface area contributed by atoms with Crippen molar-refractivity contribution in [1.82, 2.24) is 19.4 Å². The lowest BCUT2D eigenvalue weighted by molar-refractivity contribution is -0.137. The first-order valence-electron chi connectivity index (χ1n) is 16.5. The summed E-state index contributed by atoms with van der Waals surface area (Å²) in [5.74, 6) is 0.836. The molecule has 0 unspecified atom stereocenters. The van der Waals surface area contributed by atoms with Gasteiger partial charge < -0.3 is 19.4 Å². The predicted octanol–water partition coefficient (Wildman–Crippen LogP) is 7.95. The monoisotopic (exact) mass is 707 g/mol. The average Bonchev–Trinajstić information content (AvgIpc) is 3.42. The van der Waals surface area contributed by atoms with E-state index in [1.807, 2.05) is 37.4 Å². The van der Waals surface area contributed by atoms with Crippen molar-refractivity contribution in [3.63, 3.8) is 0 Å². The summed E-state index contributed by atoms with van der Waals surface area (Å²) in [6.07, 6.45) is -4.12. The van der Waals surface area contributed by atoms with Crippen molar-refractivity contribution < 1.29 is 36.2 Å². The van der Waals surface area contributed by atoms with Crippen LogP contribution in [0, 0.1) is 6.92 Å². The van der Waals surface area contributed by atoms with Crippen LogP contribution in [0.5, 0.6) is 17.4 Å². The number of alkyl halides is 5. The molecule has 0 aliphatic carbocycles. The van der Waals surface area contributed by atoms with Gasteiger partial charge in [0, 0.05) is 75.1 Å². The van der Waals surface area contributed by atoms with E-state index in [-0.39, 0.29) is 11.1 Å². The van der Waals surface area contributed by atoms with Crippen LogP contribution in [0.25, 0.3) is 10.9 Å². The molecule has 6 rings (SSSR count). The molecule has 0 bridgehead atoms. The maximum atomic E-state index is 13.0. The Bertz CT molecular complexity index is 1950. The van der Waals surface area contributed by atoms with Crippen LogP contribution in [0.4, 0.5) is 27.6 Å². The standard InChI is InChI=1S/C38H38F5N5O3/c1-25-17-28(38(41,42)43)6-11-34(25)37(49)45-29-7-12-36(44-22-29)51-32-10-5-27-18-30(46(2)35(27)19-32)24-48-15-13-47(14-16-48)23-26-3-8-31(9-4-26)50-33(20-39)21-40/h3-12,17-19,22,33H,13-16,20-21,23-24H2,1-2H3,(H,45,49). The van der Waals surface area contributed by atoms with Crippen molar-refractivity contribution in [2.75, 3.05) is 44.8 Å². The van der Waals surface area contributed by atoms with E-state index >= 15 is 0 Å². The fraction of sp³-hybridized carbons (Fsp3) is 0.316. The molecule has 1 amide bonds. The summed E-state index contributed by atoms with van der Waals surface area (Å²) in [5.41, 5.74) is 3.21. The normalized spacial score (nSPS) is 14.3. The summed E-state index contributed by atoms with van der Waals surface area (Å²) in [7, 11) is 2.03. The number of amides is 1. The molecule has 8 nitrogen and oxygen atoms in total. The van der Waals surface area contributed by atoms with Gasteiger partial charge in [0.25, 0.3) is 5.91 Å². The Kier molecular flexibility index (Phi) is 10.9. The number of benzene rings is 3. The van der Waals surface area contributed by atoms with Crippen LogP contribution < -0.4 is 14.8 Å². The molecule has 2 aromatic heterocycles. The fourth-order valence-corrected chi connectivity index (χ4v) is 6.07. The number of nitrogens with zero attached hydrogens (tertiary/aromatic N) is 4. The van der Waals surface area contributed by atoms with Gasteiger partial charge in [-0.15, -0.1) is 0 Å². The molecule has 1 saturated heterocycles. The highest BCUT2D eigenvalue weighted by atomic mass is 19.4. The minimum absolute atomic E-state index is 0.137. The van der Waals surface area contributed by atoms with E-state index in [4.69, 9.17) is 9.47 Å². The Morgan fingerprint density at radius 1 is 0.863 bits per heavy atom. The van der Waals surface area contributed by atoms with E-state index in [9.17, 15) is 26.7 Å². The molecule has 3 heterocycles. The summed E-state index contributed by atoms with van der Waals surface area (Å²) < 4.78 is 78.0. The van der Waals surface area contributed by atoms with Gasteiger partial charge in [-0.1, -0.05) is 12.1 Å². The lowest BCUT2D eigenvalue weighted by atomic mass is 10.0. The average molecular weight is 708 g/mol. The maximum absolute atomic E-state index is 13.0. The highest BCUT2D eigenvalue weighted by molar-refractivity contribution is 6.05. The van der Waals surface area contributed by atoms with Gasteiger partial charge in [0.05, 0.1) is 23.0 Å². The van der Waals surface area contributed by atoms with Gasteiger partial charge in [-0.3, -0.25) is 14.6 Å². The second-order valence-electron chi connectivity index (χ2n) is 12.6. The molecular weight excluding hydrogens is 669 g/mol. The van der Waals surface area contributed by atoms with Crippen LogP contribution in [0.15, 0.2) is 85.1 Å². The molecule has 13 heteroatoms. The third kappa shape index (κ3) is 8.84. The molecule has 0 radical (unpaired) electrons. The first kappa shape index (κ1) is 35.8. The number of aryl methyl sites for hydroxylation is 2. The Morgan fingerprint density at radius 3 is 2.18 bits per heavy atom. The molecule has 51 heavy (non-hydrogen) atoms. The zero-order chi connectivity index (χ0) is 36.1. The van der Waals surface area contributed by atoms with Gasteiger partial charge in [0.1, 0.15) is 24.8 Å². The van der Waals surface area contributed by atoms with Crippen molar-refractivity contribution >= 4 is 22.5 Å². The third-order valence-electron chi connectivity index (χ3n) is 8.96. The lowest BCUT2D eigenvalue weighted by Crippen LogP contribution is -2.45. The molecule has 268 valence electrons. The number of hydrogen-bond donors (Lipinski definition) is 1. The van der Waals surface area contributed by atoms with Crippen molar-refractivity contribution in [2.45, 2.75) is 32.3 Å². The van der Waals surface area contributed by atoms with Crippen LogP contribution in [0.3, 0.4) is 0 Å². The van der Waals surface area contributed by atoms with Crippen LogP contribution in [0.1, 0.15) is 32.7 Å². The molecule has 1 fully saturated rings. The highest BCUT2D eigenvalue weighted by Crippen LogP contribution is 2.31. The van der Waals surface area contributed by atoms with Crippen molar-refractivity contribution in [3.05, 3.63) is 113 Å². The minimum Gasteiger partial charge on any atom is -0.485 e. The second kappa shape index (κ2) is 15.5. The van der Waals surface area contributed by atoms with Crippen LogP contribution in [0.2, 0.25) is 0 Å². The molecule has 1 aliphatic heterocycles. The largest absolute Gasteiger partial charge is 0.485 e. The van der Waals surface area contributed by atoms with Gasteiger partial charge in [0.15, 0.2) is 6.10 Å². The number of carbonyl (C=O) groups excluding carboxylic acids is 1. The summed E-state index contributed by atoms with van der Waals surface area (Å²) in [6, 6.07) is 21.6. The van der Waals surface area contributed by atoms with Gasteiger partial charge in [-0.05, 0) is 72.6 Å². The van der Waals surface area contributed by atoms with E-state index in [1.54, 1.807) is 24.3 Å². The number of fused-ring (bicyclic) bond motifs is 1. The molecule has 5 aromatic rings. The fourth-order valence-electron chi connectivity index (χ4n) is 6.07. The SMILES string of the molecule is Cc1cc(C(F)(F)F)ccc1C(=O)Nc1ccc(Oc2ccc3cc(CN4CCN(Cc5ccc(OC(CF)CF)cc5)CC4)n(C)c3c2)nc1. The van der Waals surface area contributed by atoms with E-state index in [1.165, 1.54) is 18.8 Å². The molecule has 0 saturated carbocycles. The Labute approximate surface area is 292 Å². The topological polar surface area (TPSA) is 71.9 Å². The van der Waals surface area contributed by atoms with E-state index in [2.05, 4.69) is 30.7 Å². The lowest BCUT2D eigenvalue weighted by Gasteiger charge is -2.34. The second-order valence-corrected chi connectivity index (χ2v) is 12.6.